The predicted molar refractivity (Wildman–Crippen MR) is 173 cm³/mol. The lowest BCUT2D eigenvalue weighted by molar-refractivity contribution is -0.213. The van der Waals surface area contributed by atoms with Crippen LogP contribution < -0.4 is 15.8 Å². The Kier molecular flexibility index (Phi) is 19.1. The van der Waals surface area contributed by atoms with E-state index < -0.39 is 18.4 Å². The van der Waals surface area contributed by atoms with Crippen LogP contribution in [-0.2, 0) is 34.9 Å². The lowest BCUT2D eigenvalue weighted by Crippen LogP contribution is -2.36. The number of unbranched alkanes of at least 4 members (excludes halogenated alkanes) is 2. The van der Waals surface area contributed by atoms with Crippen molar-refractivity contribution in [3.05, 3.63) is 40.6 Å². The summed E-state index contributed by atoms with van der Waals surface area (Å²) >= 11 is 0. The number of benzene rings is 1. The Bertz CT molecular complexity index is 1230. The number of anilines is 2. The van der Waals surface area contributed by atoms with Gasteiger partial charge in [-0.05, 0) is 38.1 Å². The van der Waals surface area contributed by atoms with Gasteiger partial charge in [-0.15, -0.1) is 0 Å². The van der Waals surface area contributed by atoms with Gasteiger partial charge in [0, 0.05) is 36.3 Å². The fourth-order valence-electron chi connectivity index (χ4n) is 4.57. The van der Waals surface area contributed by atoms with E-state index >= 15 is 0 Å². The zero-order valence-corrected chi connectivity index (χ0v) is 28.3. The highest BCUT2D eigenvalue weighted by molar-refractivity contribution is 5.75. The van der Waals surface area contributed by atoms with E-state index in [1.165, 1.54) is 19.1 Å². The van der Waals surface area contributed by atoms with E-state index in [2.05, 4.69) is 22.2 Å². The number of halogens is 3. The molecule has 0 saturated carbocycles. The number of carbonyl (C=O) groups excluding carboxylic acids is 1. The molecule has 1 heterocycles. The molecule has 13 nitrogen and oxygen atoms in total. The van der Waals surface area contributed by atoms with Crippen LogP contribution in [0.4, 0.5) is 24.9 Å². The number of nitrogens with zero attached hydrogens (tertiary/aromatic N) is 3. The van der Waals surface area contributed by atoms with Crippen LogP contribution in [0.5, 0.6) is 5.75 Å². The molecule has 0 amide bonds. The summed E-state index contributed by atoms with van der Waals surface area (Å²) in [5.74, 6) is -1.14. The number of nitrogen functional groups attached to an aromatic ring is 1. The molecule has 0 fully saturated rings. The number of alkyl halides is 3. The van der Waals surface area contributed by atoms with Crippen molar-refractivity contribution in [3.63, 3.8) is 0 Å². The fourth-order valence-corrected chi connectivity index (χ4v) is 4.57. The Labute approximate surface area is 280 Å². The summed E-state index contributed by atoms with van der Waals surface area (Å²) in [6.07, 6.45) is -3.26. The SMILES string of the molecule is CCCCCNc1nc(N)nc(C)c1Cc1cc(C(OC(=O)C(F)(F)F)N(C)CCOCCOCCOCCOCCO)ccc1OC. The molecule has 2 aromatic rings. The van der Waals surface area contributed by atoms with Crippen molar-refractivity contribution in [3.8, 4) is 5.75 Å². The monoisotopic (exact) mass is 689 g/mol. The summed E-state index contributed by atoms with van der Waals surface area (Å²) in [7, 11) is 3.03. The first-order chi connectivity index (χ1) is 23.0. The number of likely N-dealkylation sites (N-methyl/N-ethyl adjacent to an activating group) is 1. The summed E-state index contributed by atoms with van der Waals surface area (Å²) in [6.45, 7) is 7.09. The van der Waals surface area contributed by atoms with Crippen molar-refractivity contribution in [2.75, 3.05) is 97.8 Å². The Morgan fingerprint density at radius 3 is 2.21 bits per heavy atom. The molecule has 48 heavy (non-hydrogen) atoms. The van der Waals surface area contributed by atoms with Crippen LogP contribution in [0.3, 0.4) is 0 Å². The second kappa shape index (κ2) is 22.4. The Balaban J connectivity index is 2.11. The third-order valence-corrected chi connectivity index (χ3v) is 7.05. The van der Waals surface area contributed by atoms with Gasteiger partial charge in [0.15, 0.2) is 6.23 Å². The van der Waals surface area contributed by atoms with Crippen LogP contribution in [0, 0.1) is 6.92 Å². The van der Waals surface area contributed by atoms with E-state index in [1.54, 1.807) is 25.1 Å². The number of nitrogens with two attached hydrogens (primary N) is 1. The maximum Gasteiger partial charge on any atom is 0.490 e. The number of hydrogen-bond acceptors (Lipinski definition) is 13. The number of rotatable bonds is 25. The number of hydrogen-bond donors (Lipinski definition) is 3. The van der Waals surface area contributed by atoms with Gasteiger partial charge in [0.25, 0.3) is 0 Å². The molecule has 0 bridgehead atoms. The largest absolute Gasteiger partial charge is 0.496 e. The van der Waals surface area contributed by atoms with Gasteiger partial charge in [-0.2, -0.15) is 18.2 Å². The van der Waals surface area contributed by atoms with Gasteiger partial charge in [-0.1, -0.05) is 25.8 Å². The van der Waals surface area contributed by atoms with Crippen LogP contribution in [0.1, 0.15) is 54.8 Å². The second-order valence-corrected chi connectivity index (χ2v) is 10.8. The first-order valence-electron chi connectivity index (χ1n) is 15.9. The second-order valence-electron chi connectivity index (χ2n) is 10.8. The van der Waals surface area contributed by atoms with E-state index in [1.807, 2.05) is 0 Å². The summed E-state index contributed by atoms with van der Waals surface area (Å²) < 4.78 is 72.0. The Morgan fingerprint density at radius 2 is 1.62 bits per heavy atom. The fraction of sp³-hybridized carbons (Fsp3) is 0.656. The molecule has 1 atom stereocenters. The minimum Gasteiger partial charge on any atom is -0.496 e. The van der Waals surface area contributed by atoms with E-state index in [9.17, 15) is 18.0 Å². The van der Waals surface area contributed by atoms with E-state index in [0.29, 0.717) is 61.4 Å². The number of aromatic nitrogens is 2. The zero-order chi connectivity index (χ0) is 35.4. The molecule has 0 spiro atoms. The number of ether oxygens (including phenoxy) is 6. The topological polar surface area (TPSA) is 160 Å². The molecule has 2 rings (SSSR count). The quantitative estimate of drug-likeness (QED) is 0.0788. The van der Waals surface area contributed by atoms with Gasteiger partial charge in [0.05, 0.1) is 66.6 Å². The number of aliphatic hydroxyl groups is 1. The molecule has 0 aliphatic rings. The Hall–Kier alpha value is -3.28. The molecule has 0 aliphatic carbocycles. The predicted octanol–water partition coefficient (Wildman–Crippen LogP) is 3.66. The average Bonchev–Trinajstić information content (AvgIpc) is 3.04. The molecule has 16 heteroatoms. The number of carbonyl (C=O) groups is 1. The lowest BCUT2D eigenvalue weighted by atomic mass is 10.00. The van der Waals surface area contributed by atoms with Gasteiger partial charge < -0.3 is 44.6 Å². The summed E-state index contributed by atoms with van der Waals surface area (Å²) in [4.78, 5) is 22.2. The number of nitrogens with one attached hydrogen (secondary N) is 1. The van der Waals surface area contributed by atoms with Crippen LogP contribution in [0.2, 0.25) is 0 Å². The summed E-state index contributed by atoms with van der Waals surface area (Å²) in [5.41, 5.74) is 8.26. The van der Waals surface area contributed by atoms with E-state index in [-0.39, 0.29) is 51.9 Å². The standard InChI is InChI=1S/C32H50F3N5O8/c1-5-6-7-10-37-28-26(23(2)38-31(36)39-28)22-25-21-24(8-9-27(25)43-4)29(48-30(42)32(33,34)35)40(3)11-13-44-15-17-46-19-20-47-18-16-45-14-12-41/h8-9,21,29,41H,5-7,10-20,22H2,1-4H3,(H3,36,37,38,39). The summed E-state index contributed by atoms with van der Waals surface area (Å²) in [6, 6.07) is 4.82. The van der Waals surface area contributed by atoms with Gasteiger partial charge >= 0.3 is 12.1 Å². The number of methoxy groups -OCH3 is 1. The molecule has 272 valence electrons. The molecule has 1 aromatic heterocycles. The van der Waals surface area contributed by atoms with Gasteiger partial charge in [0.2, 0.25) is 5.95 Å². The van der Waals surface area contributed by atoms with Gasteiger partial charge in [0.1, 0.15) is 11.6 Å². The van der Waals surface area contributed by atoms with Crippen molar-refractivity contribution in [2.24, 2.45) is 0 Å². The van der Waals surface area contributed by atoms with Gasteiger partial charge in [-0.25, -0.2) is 9.78 Å². The number of esters is 1. The van der Waals surface area contributed by atoms with Crippen LogP contribution in [0.15, 0.2) is 18.2 Å². The minimum absolute atomic E-state index is 0.0416. The van der Waals surface area contributed by atoms with Gasteiger partial charge in [-0.3, -0.25) is 4.90 Å². The van der Waals surface area contributed by atoms with Crippen molar-refractivity contribution in [1.29, 1.82) is 0 Å². The third-order valence-electron chi connectivity index (χ3n) is 7.05. The molecular weight excluding hydrogens is 639 g/mol. The molecule has 0 aliphatic heterocycles. The molecule has 4 N–H and O–H groups in total. The highest BCUT2D eigenvalue weighted by Gasteiger charge is 2.43. The highest BCUT2D eigenvalue weighted by atomic mass is 19.4. The van der Waals surface area contributed by atoms with Crippen molar-refractivity contribution >= 4 is 17.7 Å². The normalized spacial score (nSPS) is 12.4. The number of aryl methyl sites for hydroxylation is 1. The zero-order valence-electron chi connectivity index (χ0n) is 28.3. The highest BCUT2D eigenvalue weighted by Crippen LogP contribution is 2.32. The minimum atomic E-state index is -5.19. The van der Waals surface area contributed by atoms with E-state index in [0.717, 1.165) is 24.8 Å². The van der Waals surface area contributed by atoms with Crippen LogP contribution in [-0.4, -0.2) is 119 Å². The first kappa shape index (κ1) is 40.9. The van der Waals surface area contributed by atoms with Crippen molar-refractivity contribution in [1.82, 2.24) is 14.9 Å². The molecule has 1 aromatic carbocycles. The molecular formula is C32H50F3N5O8. The molecule has 1 unspecified atom stereocenters. The van der Waals surface area contributed by atoms with Crippen molar-refractivity contribution in [2.45, 2.75) is 51.9 Å². The molecule has 0 saturated heterocycles. The maximum atomic E-state index is 13.3. The number of aliphatic hydroxyl groups excluding tert-OH is 1. The smallest absolute Gasteiger partial charge is 0.490 e. The summed E-state index contributed by atoms with van der Waals surface area (Å²) in [5, 5.41) is 12.0. The third kappa shape index (κ3) is 14.9. The Morgan fingerprint density at radius 1 is 1.00 bits per heavy atom. The maximum absolute atomic E-state index is 13.3. The van der Waals surface area contributed by atoms with Crippen LogP contribution in [0.25, 0.3) is 0 Å². The first-order valence-corrected chi connectivity index (χ1v) is 15.9. The lowest BCUT2D eigenvalue weighted by Gasteiger charge is -2.29. The van der Waals surface area contributed by atoms with E-state index in [4.69, 9.17) is 39.3 Å². The average molecular weight is 690 g/mol. The molecule has 0 radical (unpaired) electrons. The van der Waals surface area contributed by atoms with Crippen LogP contribution >= 0.6 is 0 Å². The van der Waals surface area contributed by atoms with Crippen molar-refractivity contribution < 1.29 is 51.5 Å².